The summed E-state index contributed by atoms with van der Waals surface area (Å²) in [5, 5.41) is 4.36. The van der Waals surface area contributed by atoms with Crippen LogP contribution in [-0.2, 0) is 16.1 Å². The monoisotopic (exact) mass is 354 g/mol. The molecule has 2 aromatic rings. The number of piperidine rings is 1. The van der Waals surface area contributed by atoms with Gasteiger partial charge in [-0.3, -0.25) is 14.3 Å². The standard InChI is InChI=1S/C19H22N4O3/c1-12-7-8-22(21-12)9-10-23-18(25)16(17(20)24)14-11-19(23,2)26-15-6-4-3-5-13(14)15/h3-8,14,16H,9-11H2,1-2H3,(H2,20,24)/t14-,16+,19+/m0/s1. The molecule has 2 N–H and O–H groups in total. The largest absolute Gasteiger partial charge is 0.468 e. The highest BCUT2D eigenvalue weighted by Gasteiger charge is 2.55. The maximum atomic E-state index is 13.1. The number of nitrogens with zero attached hydrogens (tertiary/aromatic N) is 3. The number of rotatable bonds is 4. The highest BCUT2D eigenvalue weighted by atomic mass is 16.5. The van der Waals surface area contributed by atoms with Crippen molar-refractivity contribution in [3.63, 3.8) is 0 Å². The lowest BCUT2D eigenvalue weighted by molar-refractivity contribution is -0.175. The second-order valence-electron chi connectivity index (χ2n) is 7.22. The quantitative estimate of drug-likeness (QED) is 0.841. The molecule has 1 fully saturated rings. The number of hydrogen-bond donors (Lipinski definition) is 1. The topological polar surface area (TPSA) is 90.5 Å². The molecule has 2 aliphatic rings. The van der Waals surface area contributed by atoms with Crippen LogP contribution in [0, 0.1) is 12.8 Å². The van der Waals surface area contributed by atoms with E-state index < -0.39 is 17.6 Å². The molecule has 26 heavy (non-hydrogen) atoms. The van der Waals surface area contributed by atoms with E-state index in [9.17, 15) is 9.59 Å². The molecule has 2 amide bonds. The van der Waals surface area contributed by atoms with Crippen LogP contribution in [0.3, 0.4) is 0 Å². The molecular formula is C19H22N4O3. The molecule has 0 aliphatic carbocycles. The fourth-order valence-electron chi connectivity index (χ4n) is 4.17. The Morgan fingerprint density at radius 1 is 1.35 bits per heavy atom. The van der Waals surface area contributed by atoms with E-state index in [1.54, 1.807) is 9.58 Å². The number of likely N-dealkylation sites (tertiary alicyclic amines) is 1. The number of para-hydroxylation sites is 1. The fourth-order valence-corrected chi connectivity index (χ4v) is 4.17. The second kappa shape index (κ2) is 5.86. The lowest BCUT2D eigenvalue weighted by atomic mass is 9.73. The third kappa shape index (κ3) is 2.55. The van der Waals surface area contributed by atoms with Gasteiger partial charge in [-0.1, -0.05) is 18.2 Å². The van der Waals surface area contributed by atoms with E-state index in [0.717, 1.165) is 11.3 Å². The molecule has 2 aliphatic heterocycles. The molecule has 1 aromatic carbocycles. The number of amides is 2. The summed E-state index contributed by atoms with van der Waals surface area (Å²) in [4.78, 5) is 26.9. The molecule has 7 heteroatoms. The first kappa shape index (κ1) is 16.6. The van der Waals surface area contributed by atoms with E-state index in [-0.39, 0.29) is 11.8 Å². The number of ether oxygens (including phenoxy) is 1. The fraction of sp³-hybridized carbons (Fsp3) is 0.421. The number of aryl methyl sites for hydroxylation is 1. The van der Waals surface area contributed by atoms with Crippen molar-refractivity contribution in [1.82, 2.24) is 14.7 Å². The van der Waals surface area contributed by atoms with Gasteiger partial charge in [0.2, 0.25) is 11.8 Å². The Hall–Kier alpha value is -2.83. The summed E-state index contributed by atoms with van der Waals surface area (Å²) in [5.74, 6) is -1.26. The lowest BCUT2D eigenvalue weighted by Gasteiger charge is -2.52. The lowest BCUT2D eigenvalue weighted by Crippen LogP contribution is -2.65. The summed E-state index contributed by atoms with van der Waals surface area (Å²) in [6.45, 7) is 4.74. The van der Waals surface area contributed by atoms with Gasteiger partial charge in [-0.2, -0.15) is 5.10 Å². The van der Waals surface area contributed by atoms with Crippen molar-refractivity contribution >= 4 is 11.8 Å². The number of fused-ring (bicyclic) bond motifs is 4. The summed E-state index contributed by atoms with van der Waals surface area (Å²) in [6.07, 6.45) is 2.42. The van der Waals surface area contributed by atoms with Crippen molar-refractivity contribution in [2.24, 2.45) is 11.7 Å². The second-order valence-corrected chi connectivity index (χ2v) is 7.22. The molecule has 0 spiro atoms. The van der Waals surface area contributed by atoms with Gasteiger partial charge in [-0.15, -0.1) is 0 Å². The molecule has 136 valence electrons. The molecule has 3 heterocycles. The van der Waals surface area contributed by atoms with Gasteiger partial charge in [0.15, 0.2) is 5.72 Å². The summed E-state index contributed by atoms with van der Waals surface area (Å²) in [7, 11) is 0. The summed E-state index contributed by atoms with van der Waals surface area (Å²) in [5.41, 5.74) is 6.62. The van der Waals surface area contributed by atoms with Gasteiger partial charge >= 0.3 is 0 Å². The SMILES string of the molecule is Cc1ccn(CCN2C(=O)[C@@H](C(N)=O)[C@H]3C[C@@]2(C)Oc2ccccc23)n1. The number of nitrogens with two attached hydrogens (primary N) is 1. The molecule has 0 radical (unpaired) electrons. The summed E-state index contributed by atoms with van der Waals surface area (Å²) in [6, 6.07) is 9.48. The zero-order valence-electron chi connectivity index (χ0n) is 14.9. The van der Waals surface area contributed by atoms with Gasteiger partial charge in [0.05, 0.1) is 12.2 Å². The first-order chi connectivity index (χ1) is 12.4. The number of carbonyl (C=O) groups is 2. The molecule has 3 atom stereocenters. The highest BCUT2D eigenvalue weighted by Crippen LogP contribution is 2.49. The molecule has 0 unspecified atom stereocenters. The zero-order chi connectivity index (χ0) is 18.5. The first-order valence-corrected chi connectivity index (χ1v) is 8.78. The Morgan fingerprint density at radius 3 is 2.81 bits per heavy atom. The normalized spacial score (nSPS) is 27.0. The Balaban J connectivity index is 1.69. The minimum absolute atomic E-state index is 0.252. The number of carbonyl (C=O) groups excluding carboxylic acids is 2. The van der Waals surface area contributed by atoms with E-state index in [1.165, 1.54) is 0 Å². The van der Waals surface area contributed by atoms with Crippen molar-refractivity contribution in [3.8, 4) is 5.75 Å². The molecule has 0 saturated carbocycles. The minimum Gasteiger partial charge on any atom is -0.468 e. The van der Waals surface area contributed by atoms with E-state index in [1.807, 2.05) is 50.4 Å². The predicted molar refractivity (Wildman–Crippen MR) is 94.2 cm³/mol. The summed E-state index contributed by atoms with van der Waals surface area (Å²) < 4.78 is 8.00. The van der Waals surface area contributed by atoms with Crippen LogP contribution in [0.25, 0.3) is 0 Å². The van der Waals surface area contributed by atoms with Crippen LogP contribution >= 0.6 is 0 Å². The average molecular weight is 354 g/mol. The van der Waals surface area contributed by atoms with Gasteiger partial charge in [0.1, 0.15) is 11.7 Å². The van der Waals surface area contributed by atoms with E-state index in [2.05, 4.69) is 5.10 Å². The van der Waals surface area contributed by atoms with Gasteiger partial charge in [0.25, 0.3) is 0 Å². The smallest absolute Gasteiger partial charge is 0.238 e. The number of hydrogen-bond acceptors (Lipinski definition) is 4. The van der Waals surface area contributed by atoms with E-state index >= 15 is 0 Å². The van der Waals surface area contributed by atoms with Gasteiger partial charge in [0, 0.05) is 25.1 Å². The highest BCUT2D eigenvalue weighted by molar-refractivity contribution is 6.01. The van der Waals surface area contributed by atoms with Gasteiger partial charge in [-0.25, -0.2) is 0 Å². The Kier molecular flexibility index (Phi) is 3.75. The van der Waals surface area contributed by atoms with Crippen LogP contribution in [0.5, 0.6) is 5.75 Å². The van der Waals surface area contributed by atoms with Crippen molar-refractivity contribution in [1.29, 1.82) is 0 Å². The first-order valence-electron chi connectivity index (χ1n) is 8.78. The van der Waals surface area contributed by atoms with Crippen LogP contribution in [0.2, 0.25) is 0 Å². The maximum absolute atomic E-state index is 13.1. The Bertz CT molecular complexity index is 877. The van der Waals surface area contributed by atoms with Crippen molar-refractivity contribution in [3.05, 3.63) is 47.8 Å². The predicted octanol–water partition coefficient (Wildman–Crippen LogP) is 1.42. The molecule has 1 aromatic heterocycles. The van der Waals surface area contributed by atoms with E-state index in [4.69, 9.17) is 10.5 Å². The molecule has 7 nitrogen and oxygen atoms in total. The van der Waals surface area contributed by atoms with Crippen LogP contribution in [-0.4, -0.2) is 38.8 Å². The molecule has 1 saturated heterocycles. The zero-order valence-corrected chi connectivity index (χ0v) is 14.9. The van der Waals surface area contributed by atoms with Crippen molar-refractivity contribution in [2.45, 2.75) is 38.5 Å². The third-order valence-electron chi connectivity index (χ3n) is 5.39. The molecular weight excluding hydrogens is 332 g/mol. The van der Waals surface area contributed by atoms with Gasteiger partial charge in [-0.05, 0) is 31.5 Å². The van der Waals surface area contributed by atoms with Crippen LogP contribution in [0.1, 0.15) is 30.5 Å². The number of primary amides is 1. The van der Waals surface area contributed by atoms with Crippen LogP contribution < -0.4 is 10.5 Å². The number of benzene rings is 1. The van der Waals surface area contributed by atoms with Crippen molar-refractivity contribution in [2.75, 3.05) is 6.54 Å². The number of aromatic nitrogens is 2. The van der Waals surface area contributed by atoms with Crippen molar-refractivity contribution < 1.29 is 14.3 Å². The van der Waals surface area contributed by atoms with Gasteiger partial charge < -0.3 is 15.4 Å². The van der Waals surface area contributed by atoms with Crippen LogP contribution in [0.4, 0.5) is 0 Å². The maximum Gasteiger partial charge on any atom is 0.238 e. The Morgan fingerprint density at radius 2 is 2.12 bits per heavy atom. The minimum atomic E-state index is -0.868. The Labute approximate surface area is 151 Å². The third-order valence-corrected chi connectivity index (χ3v) is 5.39. The molecule has 4 rings (SSSR count). The van der Waals surface area contributed by atoms with Crippen LogP contribution in [0.15, 0.2) is 36.5 Å². The average Bonchev–Trinajstić information content (AvgIpc) is 2.99. The van der Waals surface area contributed by atoms with E-state index in [0.29, 0.717) is 25.3 Å². The molecule has 2 bridgehead atoms. The summed E-state index contributed by atoms with van der Waals surface area (Å²) >= 11 is 0.